The van der Waals surface area contributed by atoms with Crippen molar-refractivity contribution in [3.05, 3.63) is 20.3 Å². The molecule has 0 saturated carbocycles. The molecule has 0 spiro atoms. The van der Waals surface area contributed by atoms with Crippen LogP contribution in [0.2, 0.25) is 0 Å². The molecule has 0 N–H and O–H groups in total. The maximum absolute atomic E-state index is 12.4. The van der Waals surface area contributed by atoms with E-state index in [-0.39, 0.29) is 10.8 Å². The number of hydrogen-bond acceptors (Lipinski definition) is 4. The van der Waals surface area contributed by atoms with E-state index in [1.807, 2.05) is 0 Å². The van der Waals surface area contributed by atoms with Gasteiger partial charge in [0.05, 0.1) is 10.2 Å². The van der Waals surface area contributed by atoms with Crippen molar-refractivity contribution >= 4 is 17.9 Å². The number of likely N-dealkylation sites (N-methyl/N-ethyl adjacent to an activating group) is 1. The Hall–Kier alpha value is -0.740. The summed E-state index contributed by atoms with van der Waals surface area (Å²) in [5, 5.41) is 0. The molecule has 0 aliphatic carbocycles. The third-order valence-electron chi connectivity index (χ3n) is 6.42. The summed E-state index contributed by atoms with van der Waals surface area (Å²) in [4.78, 5) is 17.2. The highest BCUT2D eigenvalue weighted by Crippen LogP contribution is 2.32. The minimum atomic E-state index is -0.0642. The Bertz CT molecular complexity index is 654. The summed E-state index contributed by atoms with van der Waals surface area (Å²) >= 11 is 5.36. The highest BCUT2D eigenvalue weighted by Gasteiger charge is 2.29. The van der Waals surface area contributed by atoms with E-state index in [1.165, 1.54) is 90.1 Å². The summed E-state index contributed by atoms with van der Waals surface area (Å²) in [7, 11) is 2.06. The summed E-state index contributed by atoms with van der Waals surface area (Å²) in [5.41, 5.74) is 1.94. The highest BCUT2D eigenvalue weighted by atomic mass is 32.1. The van der Waals surface area contributed by atoms with E-state index in [2.05, 4.69) is 51.5 Å². The Kier molecular flexibility index (Phi) is 13.8. The molecule has 0 aliphatic rings. The number of hydrogen-bond donors (Lipinski definition) is 0. The van der Waals surface area contributed by atoms with Crippen LogP contribution in [0, 0.1) is 4.51 Å². The van der Waals surface area contributed by atoms with E-state index >= 15 is 0 Å². The molecule has 4 heteroatoms. The topological polar surface area (TPSA) is 23.6 Å². The van der Waals surface area contributed by atoms with Gasteiger partial charge in [0.2, 0.25) is 5.43 Å². The molecular formula is C27H50N2OS. The van der Waals surface area contributed by atoms with Crippen molar-refractivity contribution in [2.24, 2.45) is 0 Å². The van der Waals surface area contributed by atoms with Gasteiger partial charge in [0.25, 0.3) is 0 Å². The maximum atomic E-state index is 12.4. The molecule has 1 rings (SSSR count). The van der Waals surface area contributed by atoms with Crippen molar-refractivity contribution in [3.63, 3.8) is 0 Å². The van der Waals surface area contributed by atoms with Gasteiger partial charge in [-0.25, -0.2) is 0 Å². The molecule has 0 amide bonds. The summed E-state index contributed by atoms with van der Waals surface area (Å²) in [6, 6.07) is 0. The van der Waals surface area contributed by atoms with Gasteiger partial charge in [-0.3, -0.25) is 4.79 Å². The molecule has 0 bridgehead atoms. The maximum Gasteiger partial charge on any atom is 0.220 e. The molecule has 0 saturated heterocycles. The summed E-state index contributed by atoms with van der Waals surface area (Å²) in [6.45, 7) is 15.3. The standard InChI is InChI=1S/C27H50N2OS/c1-7-9-11-13-15-17-19-29(20-18-16-14-12-10-8-2)22-21-28(6)24-23(27(3,4)5)26(31)25(24)30/h7-22H2,1-6H3. The normalized spacial score (nSPS) is 12.2. The lowest BCUT2D eigenvalue weighted by Gasteiger charge is -2.32. The van der Waals surface area contributed by atoms with Crippen LogP contribution < -0.4 is 10.3 Å². The van der Waals surface area contributed by atoms with Crippen LogP contribution in [0.15, 0.2) is 4.79 Å². The van der Waals surface area contributed by atoms with Crippen LogP contribution in [-0.2, 0) is 5.41 Å². The lowest BCUT2D eigenvalue weighted by Crippen LogP contribution is -2.39. The van der Waals surface area contributed by atoms with Gasteiger partial charge in [-0.1, -0.05) is 111 Å². The van der Waals surface area contributed by atoms with Crippen LogP contribution >= 0.6 is 12.2 Å². The summed E-state index contributed by atoms with van der Waals surface area (Å²) < 4.78 is 0.547. The number of rotatable bonds is 18. The molecule has 0 fully saturated rings. The fourth-order valence-corrected chi connectivity index (χ4v) is 4.91. The molecule has 1 aromatic carbocycles. The van der Waals surface area contributed by atoms with Gasteiger partial charge < -0.3 is 9.80 Å². The average Bonchev–Trinajstić information content (AvgIpc) is 2.72. The zero-order chi connectivity index (χ0) is 23.3. The minimum Gasteiger partial charge on any atom is -0.370 e. The van der Waals surface area contributed by atoms with Gasteiger partial charge in [-0.05, 0) is 31.3 Å². The largest absolute Gasteiger partial charge is 0.370 e. The van der Waals surface area contributed by atoms with E-state index in [4.69, 9.17) is 12.2 Å². The van der Waals surface area contributed by atoms with Gasteiger partial charge in [0, 0.05) is 25.7 Å². The monoisotopic (exact) mass is 450 g/mol. The van der Waals surface area contributed by atoms with Crippen molar-refractivity contribution in [1.29, 1.82) is 0 Å². The Morgan fingerprint density at radius 3 is 1.61 bits per heavy atom. The predicted molar refractivity (Wildman–Crippen MR) is 141 cm³/mol. The van der Waals surface area contributed by atoms with Crippen LogP contribution in [0.4, 0.5) is 5.69 Å². The van der Waals surface area contributed by atoms with Gasteiger partial charge in [-0.15, -0.1) is 0 Å². The summed E-state index contributed by atoms with van der Waals surface area (Å²) in [5.74, 6) is 0. The summed E-state index contributed by atoms with van der Waals surface area (Å²) in [6.07, 6.45) is 16.1. The number of unbranched alkanes of at least 4 members (excludes halogenated alkanes) is 10. The van der Waals surface area contributed by atoms with E-state index in [1.54, 1.807) is 0 Å². The van der Waals surface area contributed by atoms with Gasteiger partial charge in [0.15, 0.2) is 0 Å². The van der Waals surface area contributed by atoms with Crippen LogP contribution in [0.3, 0.4) is 0 Å². The first-order chi connectivity index (χ1) is 14.7. The smallest absolute Gasteiger partial charge is 0.220 e. The van der Waals surface area contributed by atoms with Crippen LogP contribution in [-0.4, -0.2) is 38.1 Å². The number of nitrogens with zero attached hydrogens (tertiary/aromatic N) is 2. The Labute approximate surface area is 198 Å². The zero-order valence-corrected chi connectivity index (χ0v) is 22.3. The molecule has 0 aliphatic heterocycles. The molecule has 0 unspecified atom stereocenters. The fraction of sp³-hybridized carbons (Fsp3) is 0.852. The second kappa shape index (κ2) is 15.2. The van der Waals surface area contributed by atoms with Crippen LogP contribution in [0.1, 0.15) is 117 Å². The first kappa shape index (κ1) is 28.3. The molecule has 31 heavy (non-hydrogen) atoms. The Morgan fingerprint density at radius 1 is 0.710 bits per heavy atom. The van der Waals surface area contributed by atoms with Crippen LogP contribution in [0.25, 0.3) is 0 Å². The van der Waals surface area contributed by atoms with Crippen molar-refractivity contribution in [1.82, 2.24) is 4.90 Å². The minimum absolute atomic E-state index is 0.0642. The van der Waals surface area contributed by atoms with Gasteiger partial charge in [-0.2, -0.15) is 0 Å². The van der Waals surface area contributed by atoms with E-state index in [0.29, 0.717) is 4.51 Å². The Morgan fingerprint density at radius 2 is 1.16 bits per heavy atom. The highest BCUT2D eigenvalue weighted by molar-refractivity contribution is 7.71. The quantitative estimate of drug-likeness (QED) is 0.172. The van der Waals surface area contributed by atoms with E-state index < -0.39 is 0 Å². The molecule has 0 atom stereocenters. The fourth-order valence-electron chi connectivity index (χ4n) is 4.41. The van der Waals surface area contributed by atoms with Crippen LogP contribution in [0.5, 0.6) is 0 Å². The third-order valence-corrected chi connectivity index (χ3v) is 6.81. The molecule has 3 nitrogen and oxygen atoms in total. The van der Waals surface area contributed by atoms with Gasteiger partial charge >= 0.3 is 0 Å². The molecule has 0 heterocycles. The van der Waals surface area contributed by atoms with E-state index in [0.717, 1.165) is 24.3 Å². The molecule has 1 aromatic rings. The average molecular weight is 451 g/mol. The predicted octanol–water partition coefficient (Wildman–Crippen LogP) is 7.41. The first-order valence-corrected chi connectivity index (χ1v) is 13.4. The molecule has 0 radical (unpaired) electrons. The Balaban J connectivity index is 2.56. The van der Waals surface area contributed by atoms with Crippen molar-refractivity contribution < 1.29 is 0 Å². The first-order valence-electron chi connectivity index (χ1n) is 13.0. The lowest BCUT2D eigenvalue weighted by atomic mass is 9.82. The lowest BCUT2D eigenvalue weighted by molar-refractivity contribution is 0.265. The third kappa shape index (κ3) is 10.2. The second-order valence-electron chi connectivity index (χ2n) is 10.4. The zero-order valence-electron chi connectivity index (χ0n) is 21.5. The SMILES string of the molecule is CCCCCCCCN(CCCCCCCC)CCN(C)c1c(C(C)(C)C)c(=S)c1=O. The molecule has 180 valence electrons. The molecule has 0 aromatic heterocycles. The van der Waals surface area contributed by atoms with Crippen molar-refractivity contribution in [2.75, 3.05) is 38.1 Å². The van der Waals surface area contributed by atoms with Gasteiger partial charge in [0.1, 0.15) is 0 Å². The second-order valence-corrected chi connectivity index (χ2v) is 10.8. The number of anilines is 1. The van der Waals surface area contributed by atoms with Crippen molar-refractivity contribution in [2.45, 2.75) is 117 Å². The van der Waals surface area contributed by atoms with E-state index in [9.17, 15) is 4.79 Å². The van der Waals surface area contributed by atoms with Crippen molar-refractivity contribution in [3.8, 4) is 0 Å². The molecular weight excluding hydrogens is 400 g/mol.